The van der Waals surface area contributed by atoms with Crippen molar-refractivity contribution in [2.75, 3.05) is 13.7 Å². The molecule has 0 fully saturated rings. The fourth-order valence-electron chi connectivity index (χ4n) is 2.92. The van der Waals surface area contributed by atoms with Crippen molar-refractivity contribution < 1.29 is 4.74 Å². The standard InChI is InChI=1S/C17H23N3O/c1-12(2)20-9-7-14(19-20)11-17-16-5-4-15(21-3)10-13(16)6-8-18-17/h4-5,7,9-10,12,17-18H,6,8,11H2,1-3H3. The van der Waals surface area contributed by atoms with Crippen molar-refractivity contribution >= 4 is 0 Å². The van der Waals surface area contributed by atoms with Gasteiger partial charge in [-0.25, -0.2) is 0 Å². The van der Waals surface area contributed by atoms with Crippen molar-refractivity contribution in [2.24, 2.45) is 0 Å². The molecular formula is C17H23N3O. The lowest BCUT2D eigenvalue weighted by Crippen LogP contribution is -2.31. The maximum atomic E-state index is 5.33. The van der Waals surface area contributed by atoms with Crippen LogP contribution in [0.3, 0.4) is 0 Å². The molecule has 1 aliphatic rings. The fourth-order valence-corrected chi connectivity index (χ4v) is 2.92. The number of benzene rings is 1. The highest BCUT2D eigenvalue weighted by atomic mass is 16.5. The minimum atomic E-state index is 0.343. The molecule has 1 atom stereocenters. The van der Waals surface area contributed by atoms with Gasteiger partial charge in [0.2, 0.25) is 0 Å². The molecule has 112 valence electrons. The lowest BCUT2D eigenvalue weighted by atomic mass is 9.91. The molecule has 1 unspecified atom stereocenters. The van der Waals surface area contributed by atoms with Crippen molar-refractivity contribution in [3.63, 3.8) is 0 Å². The number of aromatic nitrogens is 2. The Kier molecular flexibility index (Phi) is 3.97. The van der Waals surface area contributed by atoms with Gasteiger partial charge in [-0.05, 0) is 56.1 Å². The van der Waals surface area contributed by atoms with Crippen LogP contribution in [0.1, 0.15) is 42.8 Å². The summed E-state index contributed by atoms with van der Waals surface area (Å²) in [6, 6.07) is 9.27. The third-order valence-electron chi connectivity index (χ3n) is 4.12. The molecule has 0 aliphatic carbocycles. The largest absolute Gasteiger partial charge is 0.497 e. The van der Waals surface area contributed by atoms with E-state index in [9.17, 15) is 0 Å². The number of methoxy groups -OCH3 is 1. The number of rotatable bonds is 4. The van der Waals surface area contributed by atoms with E-state index in [2.05, 4.69) is 48.7 Å². The maximum Gasteiger partial charge on any atom is 0.119 e. The molecule has 1 aromatic heterocycles. The van der Waals surface area contributed by atoms with Crippen molar-refractivity contribution in [3.8, 4) is 5.75 Å². The van der Waals surface area contributed by atoms with Crippen LogP contribution in [0.5, 0.6) is 5.75 Å². The summed E-state index contributed by atoms with van der Waals surface area (Å²) in [6.07, 6.45) is 4.06. The molecule has 0 radical (unpaired) electrons. The van der Waals surface area contributed by atoms with Crippen LogP contribution in [0.15, 0.2) is 30.5 Å². The molecule has 0 amide bonds. The first kappa shape index (κ1) is 14.1. The summed E-state index contributed by atoms with van der Waals surface area (Å²) in [5.41, 5.74) is 3.91. The number of hydrogen-bond donors (Lipinski definition) is 1. The smallest absolute Gasteiger partial charge is 0.119 e. The predicted molar refractivity (Wildman–Crippen MR) is 83.8 cm³/mol. The van der Waals surface area contributed by atoms with Gasteiger partial charge in [-0.2, -0.15) is 5.10 Å². The van der Waals surface area contributed by atoms with E-state index in [1.165, 1.54) is 11.1 Å². The second kappa shape index (κ2) is 5.90. The molecule has 2 heterocycles. The number of hydrogen-bond acceptors (Lipinski definition) is 3. The van der Waals surface area contributed by atoms with Crippen LogP contribution in [0.2, 0.25) is 0 Å². The first-order valence-electron chi connectivity index (χ1n) is 7.61. The molecule has 0 spiro atoms. The normalized spacial score (nSPS) is 17.8. The summed E-state index contributed by atoms with van der Waals surface area (Å²) in [5, 5.41) is 8.27. The van der Waals surface area contributed by atoms with Gasteiger partial charge in [0.1, 0.15) is 5.75 Å². The van der Waals surface area contributed by atoms with Crippen molar-refractivity contribution in [1.29, 1.82) is 0 Å². The van der Waals surface area contributed by atoms with E-state index in [1.54, 1.807) is 7.11 Å². The number of nitrogens with zero attached hydrogens (tertiary/aromatic N) is 2. The quantitative estimate of drug-likeness (QED) is 0.939. The zero-order valence-corrected chi connectivity index (χ0v) is 13.0. The van der Waals surface area contributed by atoms with Crippen LogP contribution < -0.4 is 10.1 Å². The highest BCUT2D eigenvalue weighted by Crippen LogP contribution is 2.28. The Hall–Kier alpha value is -1.81. The Morgan fingerprint density at radius 1 is 1.38 bits per heavy atom. The van der Waals surface area contributed by atoms with Crippen LogP contribution >= 0.6 is 0 Å². The minimum absolute atomic E-state index is 0.343. The molecule has 1 aliphatic heterocycles. The highest BCUT2D eigenvalue weighted by Gasteiger charge is 2.21. The Balaban J connectivity index is 1.81. The summed E-state index contributed by atoms with van der Waals surface area (Å²) in [6.45, 7) is 5.31. The summed E-state index contributed by atoms with van der Waals surface area (Å²) in [4.78, 5) is 0. The van der Waals surface area contributed by atoms with Crippen molar-refractivity contribution in [2.45, 2.75) is 38.8 Å². The van der Waals surface area contributed by atoms with E-state index in [4.69, 9.17) is 4.74 Å². The van der Waals surface area contributed by atoms with Crippen LogP contribution in [0.4, 0.5) is 0 Å². The Morgan fingerprint density at radius 3 is 2.95 bits per heavy atom. The molecule has 1 N–H and O–H groups in total. The average Bonchev–Trinajstić information content (AvgIpc) is 2.96. The molecule has 21 heavy (non-hydrogen) atoms. The van der Waals surface area contributed by atoms with E-state index in [0.717, 1.165) is 30.8 Å². The molecule has 4 heteroatoms. The molecule has 0 bridgehead atoms. The van der Waals surface area contributed by atoms with E-state index in [-0.39, 0.29) is 0 Å². The maximum absolute atomic E-state index is 5.33. The molecule has 1 aromatic carbocycles. The fraction of sp³-hybridized carbons (Fsp3) is 0.471. The predicted octanol–water partition coefficient (Wildman–Crippen LogP) is 2.90. The van der Waals surface area contributed by atoms with E-state index >= 15 is 0 Å². The first-order chi connectivity index (χ1) is 10.2. The van der Waals surface area contributed by atoms with Crippen LogP contribution in [0.25, 0.3) is 0 Å². The van der Waals surface area contributed by atoms with E-state index in [1.807, 2.05) is 10.7 Å². The SMILES string of the molecule is COc1ccc2c(c1)CCNC2Cc1ccn(C(C)C)n1. The second-order valence-electron chi connectivity index (χ2n) is 5.91. The van der Waals surface area contributed by atoms with Gasteiger partial charge < -0.3 is 10.1 Å². The first-order valence-corrected chi connectivity index (χ1v) is 7.61. The molecular weight excluding hydrogens is 262 g/mol. The lowest BCUT2D eigenvalue weighted by Gasteiger charge is -2.27. The molecule has 4 nitrogen and oxygen atoms in total. The van der Waals surface area contributed by atoms with Gasteiger partial charge in [-0.15, -0.1) is 0 Å². The Labute approximate surface area is 126 Å². The van der Waals surface area contributed by atoms with Gasteiger partial charge in [0.05, 0.1) is 12.8 Å². The summed E-state index contributed by atoms with van der Waals surface area (Å²) in [7, 11) is 1.72. The van der Waals surface area contributed by atoms with Gasteiger partial charge in [0.25, 0.3) is 0 Å². The average molecular weight is 285 g/mol. The van der Waals surface area contributed by atoms with Crippen molar-refractivity contribution in [3.05, 3.63) is 47.3 Å². The van der Waals surface area contributed by atoms with E-state index in [0.29, 0.717) is 12.1 Å². The third kappa shape index (κ3) is 2.95. The highest BCUT2D eigenvalue weighted by molar-refractivity contribution is 5.39. The van der Waals surface area contributed by atoms with Crippen LogP contribution in [0, 0.1) is 0 Å². The minimum Gasteiger partial charge on any atom is -0.497 e. The van der Waals surface area contributed by atoms with Gasteiger partial charge in [0.15, 0.2) is 0 Å². The zero-order chi connectivity index (χ0) is 14.8. The summed E-state index contributed by atoms with van der Waals surface area (Å²) < 4.78 is 7.35. The lowest BCUT2D eigenvalue weighted by molar-refractivity contribution is 0.412. The van der Waals surface area contributed by atoms with Gasteiger partial charge >= 0.3 is 0 Å². The Bertz CT molecular complexity index is 618. The van der Waals surface area contributed by atoms with Gasteiger partial charge in [0, 0.05) is 24.7 Å². The van der Waals surface area contributed by atoms with Gasteiger partial charge in [-0.3, -0.25) is 4.68 Å². The molecule has 0 saturated carbocycles. The van der Waals surface area contributed by atoms with Gasteiger partial charge in [-0.1, -0.05) is 6.07 Å². The zero-order valence-electron chi connectivity index (χ0n) is 13.0. The second-order valence-corrected chi connectivity index (χ2v) is 5.91. The number of fused-ring (bicyclic) bond motifs is 1. The topological polar surface area (TPSA) is 39.1 Å². The molecule has 2 aromatic rings. The number of ether oxygens (including phenoxy) is 1. The third-order valence-corrected chi connectivity index (χ3v) is 4.12. The van der Waals surface area contributed by atoms with Crippen molar-refractivity contribution in [1.82, 2.24) is 15.1 Å². The molecule has 0 saturated heterocycles. The summed E-state index contributed by atoms with van der Waals surface area (Å²) in [5.74, 6) is 0.943. The molecule has 3 rings (SSSR count). The summed E-state index contributed by atoms with van der Waals surface area (Å²) >= 11 is 0. The Morgan fingerprint density at radius 2 is 2.24 bits per heavy atom. The van der Waals surface area contributed by atoms with Crippen LogP contribution in [-0.2, 0) is 12.8 Å². The van der Waals surface area contributed by atoms with E-state index < -0.39 is 0 Å². The van der Waals surface area contributed by atoms with Crippen LogP contribution in [-0.4, -0.2) is 23.4 Å². The number of nitrogens with one attached hydrogen (secondary N) is 1. The monoisotopic (exact) mass is 285 g/mol.